The zero-order valence-corrected chi connectivity index (χ0v) is 9.15. The lowest BCUT2D eigenvalue weighted by atomic mass is 10.2. The summed E-state index contributed by atoms with van der Waals surface area (Å²) in [4.78, 5) is 13.8. The molecule has 0 radical (unpaired) electrons. The summed E-state index contributed by atoms with van der Waals surface area (Å²) in [6, 6.07) is 6.24. The van der Waals surface area contributed by atoms with Gasteiger partial charge in [0.25, 0.3) is 11.5 Å². The van der Waals surface area contributed by atoms with E-state index < -0.39 is 4.92 Å². The Labute approximate surface area is 101 Å². The molecule has 8 nitrogen and oxygen atoms in total. The third-order valence-corrected chi connectivity index (χ3v) is 2.27. The maximum absolute atomic E-state index is 10.6. The van der Waals surface area contributed by atoms with Crippen LogP contribution in [0.4, 0.5) is 11.4 Å². The summed E-state index contributed by atoms with van der Waals surface area (Å²) < 4.78 is 1.46. The predicted molar refractivity (Wildman–Crippen MR) is 61.3 cm³/mol. The molecule has 0 saturated heterocycles. The number of nitriles is 1. The lowest BCUT2D eigenvalue weighted by Gasteiger charge is -2.02. The molecule has 18 heavy (non-hydrogen) atoms. The van der Waals surface area contributed by atoms with Gasteiger partial charge in [0.1, 0.15) is 18.1 Å². The Morgan fingerprint density at radius 1 is 1.56 bits per heavy atom. The number of nitrogens with two attached hydrogens (primary N) is 1. The van der Waals surface area contributed by atoms with Crippen LogP contribution >= 0.6 is 0 Å². The molecule has 90 valence electrons. The summed E-state index contributed by atoms with van der Waals surface area (Å²) in [5, 5.41) is 23.1. The lowest BCUT2D eigenvalue weighted by Crippen LogP contribution is -2.02. The van der Waals surface area contributed by atoms with Crippen molar-refractivity contribution >= 4 is 11.4 Å². The molecule has 1 heterocycles. The SMILES string of the molecule is N#Cc1ncn(Cc2ccc([N+](=O)[O-])c(N)c2)n1. The quantitative estimate of drug-likeness (QED) is 0.481. The van der Waals surface area contributed by atoms with Gasteiger partial charge in [-0.25, -0.2) is 9.67 Å². The normalized spacial score (nSPS) is 9.94. The van der Waals surface area contributed by atoms with Crippen LogP contribution in [-0.4, -0.2) is 19.7 Å². The molecular formula is C10H8N6O2. The van der Waals surface area contributed by atoms with E-state index in [9.17, 15) is 10.1 Å². The monoisotopic (exact) mass is 244 g/mol. The van der Waals surface area contributed by atoms with E-state index in [1.807, 2.05) is 6.07 Å². The number of benzene rings is 1. The topological polar surface area (TPSA) is 124 Å². The van der Waals surface area contributed by atoms with Crippen molar-refractivity contribution < 1.29 is 4.92 Å². The number of nitro benzene ring substituents is 1. The average Bonchev–Trinajstić information content (AvgIpc) is 2.76. The van der Waals surface area contributed by atoms with Crippen molar-refractivity contribution in [3.05, 3.63) is 46.0 Å². The first-order chi connectivity index (χ1) is 8.60. The molecule has 0 bridgehead atoms. The second-order valence-electron chi connectivity index (χ2n) is 3.53. The fourth-order valence-corrected chi connectivity index (χ4v) is 1.48. The first-order valence-corrected chi connectivity index (χ1v) is 4.92. The van der Waals surface area contributed by atoms with E-state index in [-0.39, 0.29) is 17.2 Å². The molecule has 0 atom stereocenters. The maximum atomic E-state index is 10.6. The Balaban J connectivity index is 2.23. The third kappa shape index (κ3) is 2.25. The molecule has 2 rings (SSSR count). The van der Waals surface area contributed by atoms with Crippen LogP contribution in [0.3, 0.4) is 0 Å². The van der Waals surface area contributed by atoms with Gasteiger partial charge in [-0.05, 0) is 11.6 Å². The molecule has 0 aliphatic carbocycles. The van der Waals surface area contributed by atoms with Gasteiger partial charge in [-0.2, -0.15) is 5.26 Å². The number of anilines is 1. The highest BCUT2D eigenvalue weighted by molar-refractivity contribution is 5.59. The van der Waals surface area contributed by atoms with Gasteiger partial charge in [0.15, 0.2) is 0 Å². The van der Waals surface area contributed by atoms with Crippen LogP contribution < -0.4 is 5.73 Å². The van der Waals surface area contributed by atoms with Crippen LogP contribution in [0.1, 0.15) is 11.4 Å². The molecule has 8 heteroatoms. The Kier molecular flexibility index (Phi) is 2.89. The van der Waals surface area contributed by atoms with E-state index in [4.69, 9.17) is 11.0 Å². The van der Waals surface area contributed by atoms with Crippen LogP contribution in [-0.2, 0) is 6.54 Å². The molecule has 0 amide bonds. The van der Waals surface area contributed by atoms with E-state index in [1.54, 1.807) is 6.07 Å². The highest BCUT2D eigenvalue weighted by atomic mass is 16.6. The molecule has 0 fully saturated rings. The molecule has 2 N–H and O–H groups in total. The summed E-state index contributed by atoms with van der Waals surface area (Å²) in [5.74, 6) is 0.0740. The van der Waals surface area contributed by atoms with Gasteiger partial charge in [0.05, 0.1) is 11.5 Å². The van der Waals surface area contributed by atoms with Crippen LogP contribution in [0.5, 0.6) is 0 Å². The van der Waals surface area contributed by atoms with E-state index >= 15 is 0 Å². The minimum Gasteiger partial charge on any atom is -0.393 e. The number of rotatable bonds is 3. The minimum atomic E-state index is -0.539. The Morgan fingerprint density at radius 2 is 2.33 bits per heavy atom. The number of hydrogen-bond donors (Lipinski definition) is 1. The van der Waals surface area contributed by atoms with Gasteiger partial charge < -0.3 is 5.73 Å². The molecule has 1 aromatic carbocycles. The van der Waals surface area contributed by atoms with Gasteiger partial charge in [-0.3, -0.25) is 10.1 Å². The highest BCUT2D eigenvalue weighted by Crippen LogP contribution is 2.22. The molecule has 2 aromatic rings. The van der Waals surface area contributed by atoms with Crippen molar-refractivity contribution in [1.82, 2.24) is 14.8 Å². The van der Waals surface area contributed by atoms with Crippen molar-refractivity contribution in [1.29, 1.82) is 5.26 Å². The molecule has 0 aliphatic rings. The molecule has 0 unspecified atom stereocenters. The van der Waals surface area contributed by atoms with E-state index in [0.717, 1.165) is 5.56 Å². The maximum Gasteiger partial charge on any atom is 0.292 e. The summed E-state index contributed by atoms with van der Waals surface area (Å²) >= 11 is 0. The van der Waals surface area contributed by atoms with Crippen molar-refractivity contribution in [3.8, 4) is 6.07 Å². The fraction of sp³-hybridized carbons (Fsp3) is 0.100. The number of hydrogen-bond acceptors (Lipinski definition) is 6. The van der Waals surface area contributed by atoms with Crippen molar-refractivity contribution in [2.24, 2.45) is 0 Å². The number of nitrogen functional groups attached to an aromatic ring is 1. The van der Waals surface area contributed by atoms with Gasteiger partial charge in [0, 0.05) is 6.07 Å². The van der Waals surface area contributed by atoms with Crippen LogP contribution in [0.2, 0.25) is 0 Å². The summed E-state index contributed by atoms with van der Waals surface area (Å²) in [6.45, 7) is 0.344. The van der Waals surface area contributed by atoms with E-state index in [1.165, 1.54) is 23.1 Å². The number of nitro groups is 1. The summed E-state index contributed by atoms with van der Waals surface area (Å²) in [6.07, 6.45) is 1.41. The van der Waals surface area contributed by atoms with Crippen molar-refractivity contribution in [2.45, 2.75) is 6.54 Å². The first kappa shape index (κ1) is 11.5. The molecule has 0 aliphatic heterocycles. The van der Waals surface area contributed by atoms with E-state index in [2.05, 4.69) is 10.1 Å². The molecular weight excluding hydrogens is 236 g/mol. The zero-order chi connectivity index (χ0) is 13.1. The lowest BCUT2D eigenvalue weighted by molar-refractivity contribution is -0.383. The highest BCUT2D eigenvalue weighted by Gasteiger charge is 2.11. The summed E-state index contributed by atoms with van der Waals surface area (Å²) in [5.41, 5.74) is 6.28. The van der Waals surface area contributed by atoms with Crippen LogP contribution in [0.15, 0.2) is 24.5 Å². The first-order valence-electron chi connectivity index (χ1n) is 4.92. The van der Waals surface area contributed by atoms with E-state index in [0.29, 0.717) is 6.54 Å². The minimum absolute atomic E-state index is 0.0740. The Morgan fingerprint density at radius 3 is 2.89 bits per heavy atom. The molecule has 0 saturated carbocycles. The van der Waals surface area contributed by atoms with Crippen molar-refractivity contribution in [3.63, 3.8) is 0 Å². The van der Waals surface area contributed by atoms with Gasteiger partial charge in [0.2, 0.25) is 0 Å². The Bertz CT molecular complexity index is 642. The average molecular weight is 244 g/mol. The van der Waals surface area contributed by atoms with Crippen molar-refractivity contribution in [2.75, 3.05) is 5.73 Å². The fourth-order valence-electron chi connectivity index (χ4n) is 1.48. The second kappa shape index (κ2) is 4.50. The van der Waals surface area contributed by atoms with Gasteiger partial charge in [-0.15, -0.1) is 5.10 Å². The zero-order valence-electron chi connectivity index (χ0n) is 9.15. The molecule has 1 aromatic heterocycles. The largest absolute Gasteiger partial charge is 0.393 e. The van der Waals surface area contributed by atoms with Gasteiger partial charge in [-0.1, -0.05) is 6.07 Å². The predicted octanol–water partition coefficient (Wildman–Crippen LogP) is 0.688. The number of nitrogens with zero attached hydrogens (tertiary/aromatic N) is 5. The number of aromatic nitrogens is 3. The van der Waals surface area contributed by atoms with Gasteiger partial charge >= 0.3 is 0 Å². The summed E-state index contributed by atoms with van der Waals surface area (Å²) in [7, 11) is 0. The smallest absolute Gasteiger partial charge is 0.292 e. The van der Waals surface area contributed by atoms with Crippen LogP contribution in [0.25, 0.3) is 0 Å². The Hall–Kier alpha value is -2.95. The molecule has 0 spiro atoms. The van der Waals surface area contributed by atoms with Crippen LogP contribution in [0, 0.1) is 21.4 Å². The second-order valence-corrected chi connectivity index (χ2v) is 3.53. The standard InChI is InChI=1S/C10H8N6O2/c11-4-10-13-6-15(14-10)5-7-1-2-9(16(17)18)8(12)3-7/h1-3,6H,5,12H2. The third-order valence-electron chi connectivity index (χ3n) is 2.27.